The molecular weight excluding hydrogens is 1470 g/mol. The maximum Gasteiger partial charge on any atom is 1.00 e. The monoisotopic (exact) mass is 1530 g/mol. The normalized spacial score (nSPS) is 10.3. The Morgan fingerprint density at radius 2 is 0.878 bits per heavy atom. The molecule has 4 N–H and O–H groups in total. The minimum Gasteiger partial charge on any atom is -1.00 e. The van der Waals surface area contributed by atoms with Gasteiger partial charge in [0.1, 0.15) is 76.2 Å². The largest absolute Gasteiger partial charge is 1.00 e. The number of benzene rings is 7. The molecule has 0 amide bonds. The van der Waals surface area contributed by atoms with Crippen molar-refractivity contribution in [2.45, 2.75) is 38.6 Å². The van der Waals surface area contributed by atoms with Crippen LogP contribution in [0.15, 0.2) is 245 Å². The number of aliphatic hydroxyl groups excluding tert-OH is 2. The first kappa shape index (κ1) is 84.5. The Hall–Kier alpha value is -5.90. The quantitative estimate of drug-likeness (QED) is 0.0157. The standard InChI is InChI=1S/C19H18ClNO3.C19H16ClNO.2C12H10ClNO.C9H6ClNO.C3H5Br.CH2O3.2K.H/c20-17-10-14(9-15(23)11-22)19(18-16(17)7-4-8-21-18)24-12-13-5-2-1-3-6-13;1-2-7-15-12-17(20)16-10-6-11-21-18(16)19(15)22-13-14-8-4-3-5-9-14;1-2-8-15-11-6-5-10(13)9-4-3-7-14-12(9)11;1-2-4-8-7-10(13)9-5-3-6-14-11(9)12(8)15;10-7-3-4-8(12)9-6(7)2-1-5-11-9;1-2-3-4;2-1-4-3;;;/h1-8,10,15,22-23H,9,11-12H2;2-6,8-12H,1,7,13H2;2-7H,1,8H2;2-3,5-7,15H,1,4H2;1-5,12H;2H,1,3H2;1,3H;;;/q;;;;;;;2*+1;-1/p-1. The van der Waals surface area contributed by atoms with Crippen LogP contribution in [0, 0.1) is 0 Å². The van der Waals surface area contributed by atoms with Crippen LogP contribution in [0.3, 0.4) is 0 Å². The van der Waals surface area contributed by atoms with E-state index >= 15 is 0 Å². The number of ether oxygens (including phenoxy) is 3. The molecule has 0 aliphatic carbocycles. The Labute approximate surface area is 688 Å². The van der Waals surface area contributed by atoms with Crippen molar-refractivity contribution in [1.29, 1.82) is 0 Å². The maximum atomic E-state index is 9.94. The van der Waals surface area contributed by atoms with Gasteiger partial charge in [0.15, 0.2) is 0 Å². The Balaban J connectivity index is 0.000000316. The summed E-state index contributed by atoms with van der Waals surface area (Å²) in [6.45, 7) is 15.3. The minimum atomic E-state index is -0.874. The number of hydrogen-bond donors (Lipinski definition) is 4. The topological polar surface area (TPSA) is 222 Å². The van der Waals surface area contributed by atoms with Crippen molar-refractivity contribution >= 4 is 135 Å². The number of hydrogen-bond acceptors (Lipinski definition) is 15. The number of phenolic OH excluding ortho intramolecular Hbond substituents is 2. The number of alkyl halides is 1. The van der Waals surface area contributed by atoms with Crippen molar-refractivity contribution in [2.75, 3.05) is 18.5 Å². The summed E-state index contributed by atoms with van der Waals surface area (Å²) in [4.78, 5) is 32.5. The average Bonchev–Trinajstić information content (AvgIpc) is 0.807. The Morgan fingerprint density at radius 3 is 1.32 bits per heavy atom. The van der Waals surface area contributed by atoms with Gasteiger partial charge in [0.2, 0.25) is 0 Å². The summed E-state index contributed by atoms with van der Waals surface area (Å²) in [6.07, 6.45) is 16.1. The van der Waals surface area contributed by atoms with Crippen molar-refractivity contribution in [3.63, 3.8) is 0 Å². The number of aliphatic hydroxyl groups is 2. The fourth-order valence-corrected chi connectivity index (χ4v) is 10.3. The summed E-state index contributed by atoms with van der Waals surface area (Å²) in [5.41, 5.74) is 7.95. The zero-order chi connectivity index (χ0) is 69.2. The number of aromatic nitrogens is 5. The number of nitrogens with zero attached hydrogens (tertiary/aromatic N) is 5. The third kappa shape index (κ3) is 25.6. The van der Waals surface area contributed by atoms with Gasteiger partial charge >= 0.3 is 103 Å². The average molecular weight is 1530 g/mol. The Bertz CT molecular complexity index is 4480. The van der Waals surface area contributed by atoms with Gasteiger partial charge in [0.25, 0.3) is 6.47 Å². The third-order valence-corrected chi connectivity index (χ3v) is 15.4. The zero-order valence-corrected chi connectivity index (χ0v) is 65.3. The maximum absolute atomic E-state index is 9.94. The van der Waals surface area contributed by atoms with E-state index in [1.165, 1.54) is 6.07 Å². The second-order valence-corrected chi connectivity index (χ2v) is 22.7. The van der Waals surface area contributed by atoms with E-state index in [9.17, 15) is 15.3 Å². The number of halogens is 6. The molecule has 0 fully saturated rings. The molecule has 23 heteroatoms. The van der Waals surface area contributed by atoms with Gasteiger partial charge in [0, 0.05) is 86.4 Å². The van der Waals surface area contributed by atoms with Gasteiger partial charge in [-0.25, -0.2) is 0 Å². The summed E-state index contributed by atoms with van der Waals surface area (Å²) >= 11 is 33.8. The summed E-state index contributed by atoms with van der Waals surface area (Å²) in [5.74, 6) is 2.45. The van der Waals surface area contributed by atoms with E-state index in [-0.39, 0.29) is 135 Å². The van der Waals surface area contributed by atoms with Crippen LogP contribution in [-0.4, -0.2) is 76.5 Å². The number of fused-ring (bicyclic) bond motifs is 5. The molecule has 0 saturated heterocycles. The molecule has 7 aromatic carbocycles. The van der Waals surface area contributed by atoms with Gasteiger partial charge in [-0.1, -0.05) is 165 Å². The van der Waals surface area contributed by atoms with Crippen molar-refractivity contribution < 1.29 is 154 Å². The van der Waals surface area contributed by atoms with Crippen LogP contribution in [0.1, 0.15) is 29.2 Å². The molecule has 0 spiro atoms. The van der Waals surface area contributed by atoms with Gasteiger partial charge in [-0.2, -0.15) is 0 Å². The summed E-state index contributed by atoms with van der Waals surface area (Å²) in [5, 5.41) is 54.9. The van der Waals surface area contributed by atoms with Gasteiger partial charge in [0.05, 0.1) is 37.8 Å². The van der Waals surface area contributed by atoms with Gasteiger partial charge in [-0.3, -0.25) is 29.7 Å². The molecule has 496 valence electrons. The molecule has 98 heavy (non-hydrogen) atoms. The van der Waals surface area contributed by atoms with E-state index in [0.717, 1.165) is 82.6 Å². The number of carbonyl (C=O) groups excluding carboxylic acids is 1. The summed E-state index contributed by atoms with van der Waals surface area (Å²) in [6, 6.07) is 50.7. The van der Waals surface area contributed by atoms with Crippen molar-refractivity contribution in [1.82, 2.24) is 24.9 Å². The van der Waals surface area contributed by atoms with E-state index in [4.69, 9.17) is 87.4 Å². The van der Waals surface area contributed by atoms with Gasteiger partial charge < -0.3 is 46.2 Å². The van der Waals surface area contributed by atoms with Crippen LogP contribution in [0.4, 0.5) is 0 Å². The van der Waals surface area contributed by atoms with Crippen molar-refractivity contribution in [3.05, 3.63) is 298 Å². The summed E-state index contributed by atoms with van der Waals surface area (Å²) in [7, 11) is 0. The predicted octanol–water partition coefficient (Wildman–Crippen LogP) is 12.1. The smallest absolute Gasteiger partial charge is 1.00 e. The predicted molar refractivity (Wildman–Crippen MR) is 391 cm³/mol. The molecule has 0 radical (unpaired) electrons. The molecule has 0 aliphatic rings. The molecule has 5 aromatic heterocycles. The molecule has 1 unspecified atom stereocenters. The molecular formula is C75H67BrCl5K2N5O10. The van der Waals surface area contributed by atoms with Gasteiger partial charge in [-0.15, -0.1) is 19.7 Å². The first-order chi connectivity index (χ1) is 46.7. The molecule has 12 aromatic rings. The molecule has 15 nitrogen and oxygen atoms in total. The Kier molecular flexibility index (Phi) is 40.1. The third-order valence-electron chi connectivity index (χ3n) is 13.4. The second kappa shape index (κ2) is 46.5. The molecule has 5 heterocycles. The first-order valence-electron chi connectivity index (χ1n) is 29.3. The number of aromatic hydroxyl groups is 2. The van der Waals surface area contributed by atoms with Crippen LogP contribution in [0.5, 0.6) is 28.7 Å². The SMILES string of the molecule is C=CCBr.C=CCOc1ccc(Cl)c2cccnc12.C=CCc1cc(Cl)c2cccnc2c1O.C=CCc1cc(Cl)c2cccnc2c1OCc1ccccc1.O=CO[O-].OCC(O)Cc1cc(Cl)c2cccnc2c1OCc1ccccc1.Oc1ccc(Cl)c2cccnc12.[H-].[K+].[K+]. The van der Waals surface area contributed by atoms with E-state index in [1.807, 2.05) is 133 Å². The van der Waals surface area contributed by atoms with Gasteiger partial charge in [-0.05, 0) is 127 Å². The number of carbonyl (C=O) groups is 1. The van der Waals surface area contributed by atoms with Crippen molar-refractivity contribution in [3.8, 4) is 28.7 Å². The molecule has 12 rings (SSSR count). The van der Waals surface area contributed by atoms with Crippen LogP contribution < -0.4 is 122 Å². The molecule has 0 saturated carbocycles. The minimum absolute atomic E-state index is 0. The summed E-state index contributed by atoms with van der Waals surface area (Å²) < 4.78 is 17.6. The second-order valence-electron chi connectivity index (χ2n) is 20.0. The number of allylic oxidation sites excluding steroid dienone is 3. The van der Waals surface area contributed by atoms with E-state index in [2.05, 4.69) is 72.1 Å². The fourth-order valence-electron chi connectivity index (χ4n) is 9.06. The fraction of sp³-hybridized carbons (Fsp3) is 0.120. The van der Waals surface area contributed by atoms with E-state index < -0.39 is 6.10 Å². The van der Waals surface area contributed by atoms with E-state index in [0.29, 0.717) is 80.1 Å². The van der Waals surface area contributed by atoms with Crippen LogP contribution in [-0.2, 0) is 42.2 Å². The first-order valence-corrected chi connectivity index (χ1v) is 32.3. The van der Waals surface area contributed by atoms with Crippen LogP contribution in [0.2, 0.25) is 25.1 Å². The number of phenols is 2. The molecule has 0 bridgehead atoms. The van der Waals surface area contributed by atoms with E-state index in [1.54, 1.807) is 79.5 Å². The Morgan fingerprint density at radius 1 is 0.490 bits per heavy atom. The number of rotatable bonds is 18. The number of pyridine rings is 5. The van der Waals surface area contributed by atoms with Crippen molar-refractivity contribution in [2.24, 2.45) is 0 Å². The molecule has 1 atom stereocenters. The van der Waals surface area contributed by atoms with Crippen LogP contribution >= 0.6 is 73.9 Å². The molecule has 0 aliphatic heterocycles. The van der Waals surface area contributed by atoms with Crippen LogP contribution in [0.25, 0.3) is 54.5 Å². The zero-order valence-electron chi connectivity index (χ0n) is 54.7.